The van der Waals surface area contributed by atoms with Crippen molar-refractivity contribution in [3.05, 3.63) is 42.0 Å². The maximum absolute atomic E-state index is 11.9. The van der Waals surface area contributed by atoms with Gasteiger partial charge in [-0.2, -0.15) is 0 Å². The first-order valence-electron chi connectivity index (χ1n) is 5.55. The second-order valence-corrected chi connectivity index (χ2v) is 5.75. The first-order chi connectivity index (χ1) is 8.47. The van der Waals surface area contributed by atoms with E-state index >= 15 is 0 Å². The Morgan fingerprint density at radius 2 is 1.94 bits per heavy atom. The third-order valence-electron chi connectivity index (χ3n) is 2.77. The van der Waals surface area contributed by atoms with Crippen molar-refractivity contribution < 1.29 is 13.2 Å². The highest BCUT2D eigenvalue weighted by atomic mass is 32.2. The van der Waals surface area contributed by atoms with Gasteiger partial charge in [0.2, 0.25) is 10.0 Å². The third kappa shape index (κ3) is 2.96. The van der Waals surface area contributed by atoms with E-state index in [4.69, 9.17) is 5.14 Å². The molecule has 0 saturated carbocycles. The van der Waals surface area contributed by atoms with Crippen molar-refractivity contribution in [2.75, 3.05) is 0 Å². The molecule has 18 heavy (non-hydrogen) atoms. The first-order valence-corrected chi connectivity index (χ1v) is 7.10. The molecule has 0 aliphatic heterocycles. The van der Waals surface area contributed by atoms with Gasteiger partial charge in [0.25, 0.3) is 5.91 Å². The quantitative estimate of drug-likeness (QED) is 0.792. The molecule has 0 radical (unpaired) electrons. The molecule has 0 unspecified atom stereocenters. The average Bonchev–Trinajstić information content (AvgIpc) is 2.81. The minimum Gasteiger partial charge on any atom is -0.349 e. The summed E-state index contributed by atoms with van der Waals surface area (Å²) in [6.45, 7) is 0. The second kappa shape index (κ2) is 4.91. The second-order valence-electron chi connectivity index (χ2n) is 4.19. The molecule has 0 atom stereocenters. The number of primary sulfonamides is 1. The Labute approximate surface area is 106 Å². The molecular weight excluding hydrogens is 252 g/mol. The third-order valence-corrected chi connectivity index (χ3v) is 3.68. The van der Waals surface area contributed by atoms with Gasteiger partial charge in [-0.1, -0.05) is 18.2 Å². The van der Waals surface area contributed by atoms with Crippen LogP contribution in [0.1, 0.15) is 23.2 Å². The highest BCUT2D eigenvalue weighted by Gasteiger charge is 2.16. The minimum absolute atomic E-state index is 0.0558. The largest absolute Gasteiger partial charge is 0.349 e. The standard InChI is InChI=1S/C12H14N2O3S/c13-18(16,17)11-7-3-4-9(8-11)12(15)14-10-5-1-2-6-10/h1-4,7-8,10H,5-6H2,(H,14,15)(H2,13,16,17). The van der Waals surface area contributed by atoms with Gasteiger partial charge in [-0.3, -0.25) is 4.79 Å². The Hall–Kier alpha value is -1.66. The fraction of sp³-hybridized carbons (Fsp3) is 0.250. The Balaban J connectivity index is 2.15. The molecule has 1 aromatic rings. The van der Waals surface area contributed by atoms with Crippen LogP contribution in [0.25, 0.3) is 0 Å². The maximum atomic E-state index is 11.9. The Bertz CT molecular complexity index is 585. The number of nitrogens with two attached hydrogens (primary N) is 1. The number of benzene rings is 1. The van der Waals surface area contributed by atoms with Crippen LogP contribution in [0.2, 0.25) is 0 Å². The van der Waals surface area contributed by atoms with E-state index in [2.05, 4.69) is 5.32 Å². The van der Waals surface area contributed by atoms with E-state index in [1.807, 2.05) is 12.2 Å². The van der Waals surface area contributed by atoms with Gasteiger partial charge in [0, 0.05) is 11.6 Å². The molecule has 1 aromatic carbocycles. The summed E-state index contributed by atoms with van der Waals surface area (Å²) in [5, 5.41) is 7.86. The van der Waals surface area contributed by atoms with Crippen LogP contribution in [0.3, 0.4) is 0 Å². The van der Waals surface area contributed by atoms with Crippen LogP contribution in [0.4, 0.5) is 0 Å². The maximum Gasteiger partial charge on any atom is 0.251 e. The number of hydrogen-bond acceptors (Lipinski definition) is 3. The summed E-state index contributed by atoms with van der Waals surface area (Å²) in [5.41, 5.74) is 0.299. The van der Waals surface area contributed by atoms with Crippen molar-refractivity contribution in [1.82, 2.24) is 5.32 Å². The number of rotatable bonds is 3. The van der Waals surface area contributed by atoms with Crippen molar-refractivity contribution in [1.29, 1.82) is 0 Å². The molecule has 2 rings (SSSR count). The highest BCUT2D eigenvalue weighted by molar-refractivity contribution is 7.89. The molecular formula is C12H14N2O3S. The van der Waals surface area contributed by atoms with Crippen LogP contribution >= 0.6 is 0 Å². The molecule has 3 N–H and O–H groups in total. The minimum atomic E-state index is -3.78. The Morgan fingerprint density at radius 3 is 2.56 bits per heavy atom. The molecule has 5 nitrogen and oxygen atoms in total. The van der Waals surface area contributed by atoms with Gasteiger partial charge < -0.3 is 5.32 Å². The molecule has 1 aliphatic carbocycles. The molecule has 0 bridgehead atoms. The van der Waals surface area contributed by atoms with Crippen molar-refractivity contribution in [3.8, 4) is 0 Å². The summed E-state index contributed by atoms with van der Waals surface area (Å²) < 4.78 is 22.4. The summed E-state index contributed by atoms with van der Waals surface area (Å²) in [6, 6.07) is 5.81. The van der Waals surface area contributed by atoms with Crippen LogP contribution in [0.5, 0.6) is 0 Å². The van der Waals surface area contributed by atoms with Crippen LogP contribution in [0.15, 0.2) is 41.3 Å². The molecule has 0 heterocycles. The van der Waals surface area contributed by atoms with Crippen LogP contribution in [-0.2, 0) is 10.0 Å². The number of carbonyl (C=O) groups excluding carboxylic acids is 1. The van der Waals surface area contributed by atoms with E-state index in [0.717, 1.165) is 12.8 Å². The average molecular weight is 266 g/mol. The van der Waals surface area contributed by atoms with E-state index < -0.39 is 10.0 Å². The van der Waals surface area contributed by atoms with E-state index in [-0.39, 0.29) is 16.8 Å². The lowest BCUT2D eigenvalue weighted by atomic mass is 10.2. The summed E-state index contributed by atoms with van der Waals surface area (Å²) >= 11 is 0. The summed E-state index contributed by atoms with van der Waals surface area (Å²) in [7, 11) is -3.78. The number of nitrogens with one attached hydrogen (secondary N) is 1. The SMILES string of the molecule is NS(=O)(=O)c1cccc(C(=O)NC2CC=CC2)c1. The van der Waals surface area contributed by atoms with E-state index in [1.165, 1.54) is 18.2 Å². The highest BCUT2D eigenvalue weighted by Crippen LogP contribution is 2.13. The summed E-state index contributed by atoms with van der Waals surface area (Å²) in [5.74, 6) is -0.283. The van der Waals surface area contributed by atoms with Gasteiger partial charge in [-0.15, -0.1) is 0 Å². The number of amides is 1. The predicted molar refractivity (Wildman–Crippen MR) is 67.4 cm³/mol. The van der Waals surface area contributed by atoms with Gasteiger partial charge in [0.1, 0.15) is 0 Å². The molecule has 0 saturated heterocycles. The first kappa shape index (κ1) is 12.8. The zero-order valence-electron chi connectivity index (χ0n) is 9.67. The fourth-order valence-corrected chi connectivity index (χ4v) is 2.38. The monoisotopic (exact) mass is 266 g/mol. The smallest absolute Gasteiger partial charge is 0.251 e. The topological polar surface area (TPSA) is 89.3 Å². The van der Waals surface area contributed by atoms with Crippen molar-refractivity contribution in [2.24, 2.45) is 5.14 Å². The number of sulfonamides is 1. The molecule has 0 fully saturated rings. The Morgan fingerprint density at radius 1 is 1.28 bits per heavy atom. The molecule has 1 amide bonds. The molecule has 0 spiro atoms. The van der Waals surface area contributed by atoms with Gasteiger partial charge >= 0.3 is 0 Å². The van der Waals surface area contributed by atoms with E-state index in [0.29, 0.717) is 5.56 Å². The van der Waals surface area contributed by atoms with Crippen LogP contribution in [-0.4, -0.2) is 20.4 Å². The van der Waals surface area contributed by atoms with Crippen molar-refractivity contribution in [3.63, 3.8) is 0 Å². The normalized spacial score (nSPS) is 15.8. The molecule has 0 aromatic heterocycles. The lowest BCUT2D eigenvalue weighted by molar-refractivity contribution is 0.0939. The van der Waals surface area contributed by atoms with Gasteiger partial charge in [0.05, 0.1) is 4.90 Å². The summed E-state index contributed by atoms with van der Waals surface area (Å²) in [4.78, 5) is 11.8. The lowest BCUT2D eigenvalue weighted by Crippen LogP contribution is -2.32. The summed E-state index contributed by atoms with van der Waals surface area (Å²) in [6.07, 6.45) is 5.62. The van der Waals surface area contributed by atoms with Crippen LogP contribution in [0, 0.1) is 0 Å². The van der Waals surface area contributed by atoms with Gasteiger partial charge in [0.15, 0.2) is 0 Å². The zero-order chi connectivity index (χ0) is 13.2. The predicted octanol–water partition coefficient (Wildman–Crippen LogP) is 0.782. The van der Waals surface area contributed by atoms with Gasteiger partial charge in [-0.05, 0) is 31.0 Å². The number of carbonyl (C=O) groups is 1. The van der Waals surface area contributed by atoms with E-state index in [9.17, 15) is 13.2 Å². The zero-order valence-corrected chi connectivity index (χ0v) is 10.5. The Kier molecular flexibility index (Phi) is 3.49. The lowest BCUT2D eigenvalue weighted by Gasteiger charge is -2.12. The number of hydrogen-bond donors (Lipinski definition) is 2. The van der Waals surface area contributed by atoms with E-state index in [1.54, 1.807) is 6.07 Å². The van der Waals surface area contributed by atoms with Gasteiger partial charge in [-0.25, -0.2) is 13.6 Å². The molecule has 1 aliphatic rings. The van der Waals surface area contributed by atoms with Crippen LogP contribution < -0.4 is 10.5 Å². The van der Waals surface area contributed by atoms with Crippen molar-refractivity contribution >= 4 is 15.9 Å². The fourth-order valence-electron chi connectivity index (χ4n) is 1.82. The van der Waals surface area contributed by atoms with Crippen molar-refractivity contribution in [2.45, 2.75) is 23.8 Å². The molecule has 96 valence electrons. The molecule has 6 heteroatoms.